The molecule has 6 heteroatoms. The van der Waals surface area contributed by atoms with Gasteiger partial charge in [0.05, 0.1) is 22.3 Å². The average molecular weight is 301 g/mol. The molecule has 4 N–H and O–H groups in total. The lowest BCUT2D eigenvalue weighted by molar-refractivity contribution is 0.262. The first-order chi connectivity index (χ1) is 9.99. The van der Waals surface area contributed by atoms with Crippen molar-refractivity contribution < 1.29 is 4.79 Å². The second-order valence-corrected chi connectivity index (χ2v) is 4.86. The third-order valence-corrected chi connectivity index (χ3v) is 3.19. The molecule has 5 nitrogen and oxygen atoms in total. The van der Waals surface area contributed by atoms with Gasteiger partial charge in [-0.3, -0.25) is 0 Å². The number of nitrogens with zero attached hydrogens (tertiary/aromatic N) is 1. The van der Waals surface area contributed by atoms with Crippen LogP contribution in [0.4, 0.5) is 21.9 Å². The van der Waals surface area contributed by atoms with Crippen molar-refractivity contribution in [2.24, 2.45) is 0 Å². The Bertz CT molecular complexity index is 720. The molecule has 21 heavy (non-hydrogen) atoms. The van der Waals surface area contributed by atoms with Crippen LogP contribution in [0.3, 0.4) is 0 Å². The molecule has 0 aliphatic rings. The minimum Gasteiger partial charge on any atom is -0.398 e. The number of carbonyl (C=O) groups is 1. The van der Waals surface area contributed by atoms with Crippen LogP contribution < -0.4 is 16.4 Å². The van der Waals surface area contributed by atoms with Gasteiger partial charge in [-0.1, -0.05) is 11.6 Å². The van der Waals surface area contributed by atoms with Gasteiger partial charge in [-0.2, -0.15) is 5.26 Å². The molecule has 0 heterocycles. The van der Waals surface area contributed by atoms with E-state index >= 15 is 0 Å². The molecular formula is C15H13ClN4O. The fourth-order valence-corrected chi connectivity index (χ4v) is 1.91. The number of aryl methyl sites for hydroxylation is 1. The highest BCUT2D eigenvalue weighted by Gasteiger charge is 2.08. The van der Waals surface area contributed by atoms with Gasteiger partial charge in [0.25, 0.3) is 0 Å². The summed E-state index contributed by atoms with van der Waals surface area (Å²) in [5, 5.41) is 14.5. The zero-order valence-electron chi connectivity index (χ0n) is 11.3. The summed E-state index contributed by atoms with van der Waals surface area (Å²) in [6.45, 7) is 1.82. The van der Waals surface area contributed by atoms with Crippen molar-refractivity contribution >= 4 is 34.7 Å². The van der Waals surface area contributed by atoms with Crippen molar-refractivity contribution in [1.29, 1.82) is 5.26 Å². The molecule has 0 unspecified atom stereocenters. The number of nitrogen functional groups attached to an aromatic ring is 1. The van der Waals surface area contributed by atoms with Gasteiger partial charge < -0.3 is 16.4 Å². The van der Waals surface area contributed by atoms with Crippen molar-refractivity contribution in [3.8, 4) is 6.07 Å². The van der Waals surface area contributed by atoms with Crippen molar-refractivity contribution in [2.75, 3.05) is 16.4 Å². The van der Waals surface area contributed by atoms with E-state index in [-0.39, 0.29) is 0 Å². The number of amides is 2. The summed E-state index contributed by atoms with van der Waals surface area (Å²) >= 11 is 5.94. The molecule has 0 aliphatic carbocycles. The number of nitrogens with one attached hydrogen (secondary N) is 2. The topological polar surface area (TPSA) is 90.9 Å². The van der Waals surface area contributed by atoms with E-state index < -0.39 is 6.03 Å². The van der Waals surface area contributed by atoms with E-state index in [1.54, 1.807) is 36.4 Å². The second kappa shape index (κ2) is 6.16. The number of anilines is 3. The first-order valence-electron chi connectivity index (χ1n) is 6.13. The zero-order chi connectivity index (χ0) is 15.4. The van der Waals surface area contributed by atoms with Crippen LogP contribution in [-0.2, 0) is 0 Å². The minimum absolute atomic E-state index is 0.384. The number of halogens is 1. The normalized spacial score (nSPS) is 9.76. The molecule has 0 aromatic heterocycles. The summed E-state index contributed by atoms with van der Waals surface area (Å²) < 4.78 is 0. The number of rotatable bonds is 2. The van der Waals surface area contributed by atoms with Crippen LogP contribution in [-0.4, -0.2) is 6.03 Å². The zero-order valence-corrected chi connectivity index (χ0v) is 12.0. The van der Waals surface area contributed by atoms with Gasteiger partial charge in [-0.15, -0.1) is 0 Å². The van der Waals surface area contributed by atoms with Crippen molar-refractivity contribution in [3.05, 3.63) is 52.5 Å². The fraction of sp³-hybridized carbons (Fsp3) is 0.0667. The van der Waals surface area contributed by atoms with Gasteiger partial charge in [0.2, 0.25) is 0 Å². The Hall–Kier alpha value is -2.71. The second-order valence-electron chi connectivity index (χ2n) is 4.46. The highest BCUT2D eigenvalue weighted by molar-refractivity contribution is 6.33. The maximum atomic E-state index is 11.9. The molecule has 2 amide bonds. The summed E-state index contributed by atoms with van der Waals surface area (Å²) in [6.07, 6.45) is 0. The number of hydrogen-bond donors (Lipinski definition) is 3. The SMILES string of the molecule is Cc1cc(N)c(Cl)cc1NC(=O)Nc1ccc(C#N)cc1. The van der Waals surface area contributed by atoms with E-state index in [1.165, 1.54) is 0 Å². The van der Waals surface area contributed by atoms with Gasteiger partial charge in [-0.05, 0) is 48.9 Å². The predicted octanol–water partition coefficient (Wildman–Crippen LogP) is 3.75. The lowest BCUT2D eigenvalue weighted by Gasteiger charge is -2.11. The third-order valence-electron chi connectivity index (χ3n) is 2.86. The largest absolute Gasteiger partial charge is 0.398 e. The number of benzene rings is 2. The van der Waals surface area contributed by atoms with E-state index in [9.17, 15) is 4.79 Å². The molecule has 0 atom stereocenters. The fourth-order valence-electron chi connectivity index (χ4n) is 1.75. The Morgan fingerprint density at radius 3 is 2.52 bits per heavy atom. The van der Waals surface area contributed by atoms with Gasteiger partial charge in [0, 0.05) is 11.4 Å². The van der Waals surface area contributed by atoms with Crippen molar-refractivity contribution in [3.63, 3.8) is 0 Å². The maximum absolute atomic E-state index is 11.9. The van der Waals surface area contributed by atoms with Gasteiger partial charge >= 0.3 is 6.03 Å². The maximum Gasteiger partial charge on any atom is 0.323 e. The molecule has 0 bridgehead atoms. The van der Waals surface area contributed by atoms with E-state index in [4.69, 9.17) is 22.6 Å². The molecule has 0 saturated heterocycles. The lowest BCUT2D eigenvalue weighted by Crippen LogP contribution is -2.20. The van der Waals surface area contributed by atoms with Crippen LogP contribution in [0.15, 0.2) is 36.4 Å². The molecule has 0 radical (unpaired) electrons. The molecule has 0 saturated carbocycles. The standard InChI is InChI=1S/C15H13ClN4O/c1-9-6-13(18)12(16)7-14(9)20-15(21)19-11-4-2-10(8-17)3-5-11/h2-7H,18H2,1H3,(H2,19,20,21). The Labute approximate surface area is 127 Å². The van der Waals surface area contributed by atoms with Crippen molar-refractivity contribution in [1.82, 2.24) is 0 Å². The monoisotopic (exact) mass is 300 g/mol. The summed E-state index contributed by atoms with van der Waals surface area (Å²) in [6, 6.07) is 11.5. The van der Waals surface area contributed by atoms with E-state index in [0.29, 0.717) is 27.6 Å². The molecule has 0 spiro atoms. The quantitative estimate of drug-likeness (QED) is 0.738. The molecule has 2 aromatic rings. The number of urea groups is 1. The summed E-state index contributed by atoms with van der Waals surface area (Å²) in [5.74, 6) is 0. The minimum atomic E-state index is -0.399. The Kier molecular flexibility index (Phi) is 4.31. The van der Waals surface area contributed by atoms with Crippen molar-refractivity contribution in [2.45, 2.75) is 6.92 Å². The van der Waals surface area contributed by atoms with Gasteiger partial charge in [-0.25, -0.2) is 4.79 Å². The first-order valence-corrected chi connectivity index (χ1v) is 6.51. The highest BCUT2D eigenvalue weighted by Crippen LogP contribution is 2.26. The molecule has 2 rings (SSSR count). The van der Waals surface area contributed by atoms with Crippen LogP contribution in [0.2, 0.25) is 5.02 Å². The van der Waals surface area contributed by atoms with E-state index in [0.717, 1.165) is 5.56 Å². The Morgan fingerprint density at radius 2 is 1.90 bits per heavy atom. The Morgan fingerprint density at radius 1 is 1.24 bits per heavy atom. The van der Waals surface area contributed by atoms with E-state index in [2.05, 4.69) is 10.6 Å². The van der Waals surface area contributed by atoms with Crippen LogP contribution in [0.1, 0.15) is 11.1 Å². The highest BCUT2D eigenvalue weighted by atomic mass is 35.5. The van der Waals surface area contributed by atoms with Crippen LogP contribution >= 0.6 is 11.6 Å². The molecule has 106 valence electrons. The molecular weight excluding hydrogens is 288 g/mol. The Balaban J connectivity index is 2.08. The number of nitrogens with two attached hydrogens (primary N) is 1. The first kappa shape index (κ1) is 14.7. The lowest BCUT2D eigenvalue weighted by atomic mass is 10.2. The molecule has 0 aliphatic heterocycles. The number of carbonyl (C=O) groups excluding carboxylic acids is 1. The number of nitriles is 1. The van der Waals surface area contributed by atoms with Crippen LogP contribution in [0.25, 0.3) is 0 Å². The van der Waals surface area contributed by atoms with Crippen LogP contribution in [0.5, 0.6) is 0 Å². The van der Waals surface area contributed by atoms with E-state index in [1.807, 2.05) is 13.0 Å². The summed E-state index contributed by atoms with van der Waals surface area (Å²) in [4.78, 5) is 11.9. The smallest absolute Gasteiger partial charge is 0.323 e. The molecule has 0 fully saturated rings. The predicted molar refractivity (Wildman–Crippen MR) is 84.4 cm³/mol. The van der Waals surface area contributed by atoms with Gasteiger partial charge in [0.15, 0.2) is 0 Å². The van der Waals surface area contributed by atoms with Crippen LogP contribution in [0, 0.1) is 18.3 Å². The summed E-state index contributed by atoms with van der Waals surface area (Å²) in [7, 11) is 0. The molecule has 2 aromatic carbocycles. The summed E-state index contributed by atoms with van der Waals surface area (Å²) in [5.41, 5.74) is 8.66. The number of hydrogen-bond acceptors (Lipinski definition) is 3. The van der Waals surface area contributed by atoms with Gasteiger partial charge in [0.1, 0.15) is 0 Å². The average Bonchev–Trinajstić information content (AvgIpc) is 2.45. The third kappa shape index (κ3) is 3.65.